The monoisotopic (exact) mass is 451 g/mol. The Labute approximate surface area is 146 Å². The topological polar surface area (TPSA) is 72.5 Å². The standard InChI is InChI=1S/C14H14INO4S2/c1-3-20-14(17)12-9(2)8-21-13(12)16-22(18,19)11-6-4-10(15)5-7-11/h4-8,16H,3H2,1-2H3. The third kappa shape index (κ3) is 3.79. The Hall–Kier alpha value is -1.13. The minimum atomic E-state index is -3.74. The minimum absolute atomic E-state index is 0.147. The van der Waals surface area contributed by atoms with E-state index in [9.17, 15) is 13.2 Å². The highest BCUT2D eigenvalue weighted by Crippen LogP contribution is 2.30. The fourth-order valence-corrected chi connectivity index (χ4v) is 4.39. The normalized spacial score (nSPS) is 11.2. The number of hydrogen-bond acceptors (Lipinski definition) is 5. The third-order valence-corrected chi connectivity index (χ3v) is 6.03. The molecular formula is C14H14INO4S2. The summed E-state index contributed by atoms with van der Waals surface area (Å²) in [6.45, 7) is 3.68. The average molecular weight is 451 g/mol. The maximum Gasteiger partial charge on any atom is 0.341 e. The summed E-state index contributed by atoms with van der Waals surface area (Å²) in [6.07, 6.45) is 0. The van der Waals surface area contributed by atoms with Crippen LogP contribution in [0.5, 0.6) is 0 Å². The first kappa shape index (κ1) is 17.2. The summed E-state index contributed by atoms with van der Waals surface area (Å²) in [5.74, 6) is -0.526. The molecule has 0 bridgehead atoms. The number of thiophene rings is 1. The molecule has 1 aromatic heterocycles. The summed E-state index contributed by atoms with van der Waals surface area (Å²) >= 11 is 3.26. The Morgan fingerprint density at radius 1 is 1.32 bits per heavy atom. The lowest BCUT2D eigenvalue weighted by Gasteiger charge is -2.09. The maximum atomic E-state index is 12.4. The fraction of sp³-hybridized carbons (Fsp3) is 0.214. The first-order chi connectivity index (χ1) is 10.3. The van der Waals surface area contributed by atoms with Gasteiger partial charge in [0.25, 0.3) is 10.0 Å². The van der Waals surface area contributed by atoms with Crippen molar-refractivity contribution in [2.24, 2.45) is 0 Å². The Kier molecular flexibility index (Phi) is 5.45. The van der Waals surface area contributed by atoms with Crippen molar-refractivity contribution < 1.29 is 17.9 Å². The van der Waals surface area contributed by atoms with E-state index in [2.05, 4.69) is 27.3 Å². The molecule has 0 amide bonds. The van der Waals surface area contributed by atoms with Gasteiger partial charge in [-0.05, 0) is 71.6 Å². The molecule has 0 unspecified atom stereocenters. The summed E-state index contributed by atoms with van der Waals surface area (Å²) in [5.41, 5.74) is 0.949. The highest BCUT2D eigenvalue weighted by atomic mass is 127. The molecule has 0 aliphatic heterocycles. The zero-order chi connectivity index (χ0) is 16.3. The molecule has 0 atom stereocenters. The van der Waals surface area contributed by atoms with E-state index in [-0.39, 0.29) is 22.1 Å². The Morgan fingerprint density at radius 2 is 1.95 bits per heavy atom. The zero-order valence-corrected chi connectivity index (χ0v) is 15.7. The van der Waals surface area contributed by atoms with Crippen molar-refractivity contribution in [3.05, 3.63) is 44.3 Å². The minimum Gasteiger partial charge on any atom is -0.462 e. The Balaban J connectivity index is 2.34. The van der Waals surface area contributed by atoms with Crippen molar-refractivity contribution in [2.75, 3.05) is 11.3 Å². The highest BCUT2D eigenvalue weighted by Gasteiger charge is 2.22. The molecule has 1 heterocycles. The predicted molar refractivity (Wildman–Crippen MR) is 95.0 cm³/mol. The van der Waals surface area contributed by atoms with Crippen molar-refractivity contribution >= 4 is 54.9 Å². The maximum absolute atomic E-state index is 12.4. The first-order valence-electron chi connectivity index (χ1n) is 6.38. The van der Waals surface area contributed by atoms with Gasteiger partial charge in [-0.3, -0.25) is 4.72 Å². The number of carbonyl (C=O) groups is 1. The fourth-order valence-electron chi connectivity index (χ4n) is 1.77. The molecule has 0 fully saturated rings. The van der Waals surface area contributed by atoms with Gasteiger partial charge < -0.3 is 4.74 Å². The van der Waals surface area contributed by atoms with Crippen LogP contribution in [0, 0.1) is 10.5 Å². The molecule has 2 rings (SSSR count). The lowest BCUT2D eigenvalue weighted by molar-refractivity contribution is 0.0527. The average Bonchev–Trinajstić information content (AvgIpc) is 2.80. The van der Waals surface area contributed by atoms with Crippen molar-refractivity contribution in [3.63, 3.8) is 0 Å². The molecule has 118 valence electrons. The smallest absolute Gasteiger partial charge is 0.341 e. The van der Waals surface area contributed by atoms with Crippen LogP contribution in [0.1, 0.15) is 22.8 Å². The van der Waals surface area contributed by atoms with E-state index in [1.165, 1.54) is 12.1 Å². The molecule has 0 aliphatic rings. The van der Waals surface area contributed by atoms with E-state index in [0.29, 0.717) is 5.56 Å². The van der Waals surface area contributed by atoms with E-state index >= 15 is 0 Å². The molecule has 8 heteroatoms. The van der Waals surface area contributed by atoms with Gasteiger partial charge in [0.1, 0.15) is 5.00 Å². The second-order valence-corrected chi connectivity index (χ2v) is 8.21. The van der Waals surface area contributed by atoms with Crippen LogP contribution in [-0.4, -0.2) is 21.0 Å². The van der Waals surface area contributed by atoms with Gasteiger partial charge in [-0.25, -0.2) is 13.2 Å². The van der Waals surface area contributed by atoms with Gasteiger partial charge in [-0.2, -0.15) is 0 Å². The van der Waals surface area contributed by atoms with Crippen LogP contribution in [0.25, 0.3) is 0 Å². The molecule has 0 spiro atoms. The number of carbonyl (C=O) groups excluding carboxylic acids is 1. The number of rotatable bonds is 5. The second-order valence-electron chi connectivity index (χ2n) is 4.40. The predicted octanol–water partition coefficient (Wildman–Crippen LogP) is 3.64. The largest absolute Gasteiger partial charge is 0.462 e. The molecule has 22 heavy (non-hydrogen) atoms. The van der Waals surface area contributed by atoms with Crippen LogP contribution in [-0.2, 0) is 14.8 Å². The number of halogens is 1. The highest BCUT2D eigenvalue weighted by molar-refractivity contribution is 14.1. The number of benzene rings is 1. The van der Waals surface area contributed by atoms with Crippen molar-refractivity contribution in [1.29, 1.82) is 0 Å². The van der Waals surface area contributed by atoms with Crippen molar-refractivity contribution in [2.45, 2.75) is 18.7 Å². The summed E-state index contributed by atoms with van der Waals surface area (Å²) in [4.78, 5) is 12.1. The third-order valence-electron chi connectivity index (χ3n) is 2.81. The number of ether oxygens (including phenoxy) is 1. The number of anilines is 1. The molecule has 0 saturated carbocycles. The Morgan fingerprint density at radius 3 is 2.55 bits per heavy atom. The van der Waals surface area contributed by atoms with Gasteiger partial charge in [0.2, 0.25) is 0 Å². The van der Waals surface area contributed by atoms with E-state index in [4.69, 9.17) is 4.74 Å². The van der Waals surface area contributed by atoms with Crippen LogP contribution in [0.3, 0.4) is 0 Å². The lowest BCUT2D eigenvalue weighted by Crippen LogP contribution is -2.15. The molecule has 1 aromatic carbocycles. The van der Waals surface area contributed by atoms with Crippen LogP contribution in [0.15, 0.2) is 34.5 Å². The van der Waals surface area contributed by atoms with Gasteiger partial charge in [0.05, 0.1) is 17.1 Å². The molecule has 5 nitrogen and oxygen atoms in total. The SMILES string of the molecule is CCOC(=O)c1c(C)csc1NS(=O)(=O)c1ccc(I)cc1. The molecule has 0 saturated heterocycles. The zero-order valence-electron chi connectivity index (χ0n) is 11.9. The van der Waals surface area contributed by atoms with Crippen LogP contribution in [0.4, 0.5) is 5.00 Å². The van der Waals surface area contributed by atoms with Crippen LogP contribution >= 0.6 is 33.9 Å². The van der Waals surface area contributed by atoms with E-state index in [1.54, 1.807) is 31.4 Å². The van der Waals surface area contributed by atoms with Crippen LogP contribution < -0.4 is 4.72 Å². The van der Waals surface area contributed by atoms with E-state index in [1.807, 2.05) is 0 Å². The van der Waals surface area contributed by atoms with Gasteiger partial charge in [0, 0.05) is 3.57 Å². The number of hydrogen-bond donors (Lipinski definition) is 1. The quantitative estimate of drug-likeness (QED) is 0.557. The van der Waals surface area contributed by atoms with Crippen molar-refractivity contribution in [1.82, 2.24) is 0 Å². The van der Waals surface area contributed by atoms with Crippen LogP contribution in [0.2, 0.25) is 0 Å². The number of nitrogens with one attached hydrogen (secondary N) is 1. The summed E-state index contributed by atoms with van der Waals surface area (Å²) in [5, 5.41) is 1.99. The van der Waals surface area contributed by atoms with E-state index in [0.717, 1.165) is 14.9 Å². The molecule has 0 aliphatic carbocycles. The first-order valence-corrected chi connectivity index (χ1v) is 9.83. The molecule has 0 radical (unpaired) electrons. The summed E-state index contributed by atoms with van der Waals surface area (Å²) < 4.78 is 33.2. The molecule has 1 N–H and O–H groups in total. The summed E-state index contributed by atoms with van der Waals surface area (Å²) in [7, 11) is -3.74. The van der Waals surface area contributed by atoms with Gasteiger partial charge in [-0.15, -0.1) is 11.3 Å². The second kappa shape index (κ2) is 6.97. The number of aryl methyl sites for hydroxylation is 1. The molecule has 2 aromatic rings. The van der Waals surface area contributed by atoms with Crippen molar-refractivity contribution in [3.8, 4) is 0 Å². The van der Waals surface area contributed by atoms with Gasteiger partial charge in [0.15, 0.2) is 0 Å². The van der Waals surface area contributed by atoms with Gasteiger partial charge in [-0.1, -0.05) is 0 Å². The lowest BCUT2D eigenvalue weighted by atomic mass is 10.2. The van der Waals surface area contributed by atoms with Gasteiger partial charge >= 0.3 is 5.97 Å². The number of esters is 1. The Bertz CT molecular complexity index is 782. The number of sulfonamides is 1. The molecular weight excluding hydrogens is 437 g/mol. The van der Waals surface area contributed by atoms with E-state index < -0.39 is 16.0 Å². The summed E-state index contributed by atoms with van der Waals surface area (Å²) in [6, 6.07) is 6.46.